The lowest BCUT2D eigenvalue weighted by molar-refractivity contribution is -0.379. The maximum absolute atomic E-state index is 11.0. The van der Waals surface area contributed by atoms with Gasteiger partial charge in [-0.3, -0.25) is 0 Å². The van der Waals surface area contributed by atoms with Crippen LogP contribution in [0.25, 0.3) is 0 Å². The van der Waals surface area contributed by atoms with Gasteiger partial charge in [-0.2, -0.15) is 0 Å². The van der Waals surface area contributed by atoms with Gasteiger partial charge in [0, 0.05) is 24.2 Å². The number of aliphatic hydroxyl groups is 6. The molecule has 6 N–H and O–H groups in total. The maximum Gasteiger partial charge on any atom is 0.186 e. The zero-order valence-corrected chi connectivity index (χ0v) is 32.1. The lowest BCUT2D eigenvalue weighted by Gasteiger charge is -2.70. The van der Waals surface area contributed by atoms with Crippen molar-refractivity contribution < 1.29 is 59.1 Å². The number of rotatable bonds is 5. The van der Waals surface area contributed by atoms with E-state index in [-0.39, 0.29) is 58.9 Å². The summed E-state index contributed by atoms with van der Waals surface area (Å²) in [6, 6.07) is 0. The second-order valence-corrected chi connectivity index (χ2v) is 19.7. The summed E-state index contributed by atoms with van der Waals surface area (Å²) in [5.41, 5.74) is -0.0373. The summed E-state index contributed by atoms with van der Waals surface area (Å²) >= 11 is 0. The molecular weight excluding hydrogens is 672 g/mol. The predicted octanol–water partition coefficient (Wildman–Crippen LogP) is 2.78. The zero-order valence-electron chi connectivity index (χ0n) is 32.1. The van der Waals surface area contributed by atoms with E-state index in [9.17, 15) is 30.6 Å². The quantitative estimate of drug-likeness (QED) is 0.180. The Morgan fingerprint density at radius 2 is 1.40 bits per heavy atom. The van der Waals surface area contributed by atoms with Crippen LogP contribution >= 0.6 is 0 Å². The van der Waals surface area contributed by atoms with Gasteiger partial charge in [-0.1, -0.05) is 39.3 Å². The van der Waals surface area contributed by atoms with Crippen LogP contribution in [0.2, 0.25) is 0 Å². The lowest BCUT2D eigenvalue weighted by atomic mass is 9.35. The summed E-state index contributed by atoms with van der Waals surface area (Å²) < 4.78 is 39.0. The second-order valence-electron chi connectivity index (χ2n) is 19.7. The Kier molecular flexibility index (Phi) is 9.27. The van der Waals surface area contributed by atoms with E-state index in [4.69, 9.17) is 28.4 Å². The molecule has 52 heavy (non-hydrogen) atoms. The highest BCUT2D eigenvalue weighted by atomic mass is 16.7. The van der Waals surface area contributed by atoms with Gasteiger partial charge in [0.1, 0.15) is 36.6 Å². The normalized spacial score (nSPS) is 58.0. The van der Waals surface area contributed by atoms with E-state index in [2.05, 4.69) is 54.5 Å². The van der Waals surface area contributed by atoms with Gasteiger partial charge in [0.05, 0.1) is 37.6 Å². The molecule has 8 fully saturated rings. The van der Waals surface area contributed by atoms with Crippen molar-refractivity contribution in [3.63, 3.8) is 0 Å². The monoisotopic (exact) mass is 736 g/mol. The first-order chi connectivity index (χ1) is 24.3. The van der Waals surface area contributed by atoms with Gasteiger partial charge in [-0.05, 0) is 93.3 Å². The second kappa shape index (κ2) is 12.6. The van der Waals surface area contributed by atoms with E-state index in [0.29, 0.717) is 24.9 Å². The van der Waals surface area contributed by atoms with Gasteiger partial charge >= 0.3 is 0 Å². The largest absolute Gasteiger partial charge is 0.388 e. The van der Waals surface area contributed by atoms with E-state index in [0.717, 1.165) is 50.5 Å². The van der Waals surface area contributed by atoms with Crippen molar-refractivity contribution in [3.05, 3.63) is 11.6 Å². The molecule has 2 bridgehead atoms. The third-order valence-electron chi connectivity index (χ3n) is 16.3. The summed E-state index contributed by atoms with van der Waals surface area (Å²) in [4.78, 5) is 0. The molecule has 4 saturated heterocycles. The Hall–Kier alpha value is -0.740. The van der Waals surface area contributed by atoms with Crippen LogP contribution < -0.4 is 0 Å². The molecule has 4 aliphatic heterocycles. The molecule has 0 aromatic heterocycles. The van der Waals surface area contributed by atoms with E-state index < -0.39 is 60.6 Å². The summed E-state index contributed by atoms with van der Waals surface area (Å²) in [6.07, 6.45) is -0.789. The first-order valence-corrected chi connectivity index (χ1v) is 19.9. The summed E-state index contributed by atoms with van der Waals surface area (Å²) in [5.74, 6) is 0.0832. The number of allylic oxidation sites excluding steroid dienone is 1. The molecule has 8 rings (SSSR count). The molecule has 12 heteroatoms. The van der Waals surface area contributed by atoms with Gasteiger partial charge in [-0.25, -0.2) is 0 Å². The van der Waals surface area contributed by atoms with E-state index in [1.165, 1.54) is 0 Å². The smallest absolute Gasteiger partial charge is 0.186 e. The highest BCUT2D eigenvalue weighted by Crippen LogP contribution is 2.80. The van der Waals surface area contributed by atoms with Crippen molar-refractivity contribution in [1.29, 1.82) is 0 Å². The number of hydrogen-bond acceptors (Lipinski definition) is 12. The molecule has 296 valence electrons. The molecule has 2 spiro atoms. The number of fused-ring (bicyclic) bond motifs is 4. The molecule has 8 aliphatic rings. The fourth-order valence-corrected chi connectivity index (χ4v) is 14.1. The van der Waals surface area contributed by atoms with Gasteiger partial charge in [-0.15, -0.1) is 0 Å². The third kappa shape index (κ3) is 5.29. The van der Waals surface area contributed by atoms with Crippen molar-refractivity contribution >= 4 is 0 Å². The highest BCUT2D eigenvalue weighted by molar-refractivity contribution is 5.27. The minimum atomic E-state index is -1.38. The van der Waals surface area contributed by atoms with Crippen molar-refractivity contribution in [2.45, 2.75) is 173 Å². The van der Waals surface area contributed by atoms with Crippen LogP contribution in [0.4, 0.5) is 0 Å². The van der Waals surface area contributed by atoms with Crippen LogP contribution in [0.15, 0.2) is 11.6 Å². The summed E-state index contributed by atoms with van der Waals surface area (Å²) in [7, 11) is 0. The average Bonchev–Trinajstić information content (AvgIpc) is 3.59. The van der Waals surface area contributed by atoms with Gasteiger partial charge < -0.3 is 59.1 Å². The molecule has 19 atom stereocenters. The molecule has 0 amide bonds. The van der Waals surface area contributed by atoms with Gasteiger partial charge in [0.25, 0.3) is 0 Å². The van der Waals surface area contributed by atoms with Crippen molar-refractivity contribution in [3.8, 4) is 0 Å². The Bertz CT molecular complexity index is 1400. The van der Waals surface area contributed by atoms with Crippen LogP contribution in [0, 0.1) is 45.3 Å². The molecule has 6 unspecified atom stereocenters. The average molecular weight is 737 g/mol. The third-order valence-corrected chi connectivity index (χ3v) is 16.3. The topological polar surface area (TPSA) is 177 Å². The molecule has 4 aliphatic carbocycles. The highest BCUT2D eigenvalue weighted by Gasteiger charge is 2.81. The molecule has 0 aromatic rings. The Labute approximate surface area is 308 Å². The number of aliphatic hydroxyl groups excluding tert-OH is 6. The first kappa shape index (κ1) is 38.1. The van der Waals surface area contributed by atoms with Crippen LogP contribution in [0.5, 0.6) is 0 Å². The van der Waals surface area contributed by atoms with Crippen molar-refractivity contribution in [2.75, 3.05) is 19.8 Å². The molecule has 0 aromatic carbocycles. The molecule has 12 nitrogen and oxygen atoms in total. The standard InChI is InChI=1S/C40H64O12/c1-20(2)14-21-15-38(7,52-34-31(46)29(44)24(42)17-48-34)32-22-8-9-26-36(5)12-11-27(50-33-30(45)28(43)23(41)16-47-33)35(3,4)25(36)10-13-37(26,6)39(22)18-40(32,51-21)49-19-39/h14,21-34,41-46H,8-13,15-19H2,1-7H3/t21?,22?,23-,24-,25?,26+,27?,28-,29-,30+,31+,32?,33-,34-,36-,37+,38?,39-,40-/m0/s1. The van der Waals surface area contributed by atoms with Crippen molar-refractivity contribution in [1.82, 2.24) is 0 Å². The Morgan fingerprint density at radius 3 is 2.08 bits per heavy atom. The Balaban J connectivity index is 1.09. The van der Waals surface area contributed by atoms with Crippen LogP contribution in [0.1, 0.15) is 99.8 Å². The fraction of sp³-hybridized carbons (Fsp3) is 0.950. The van der Waals surface area contributed by atoms with E-state index in [1.54, 1.807) is 0 Å². The van der Waals surface area contributed by atoms with Crippen molar-refractivity contribution in [2.24, 2.45) is 45.3 Å². The zero-order chi connectivity index (χ0) is 37.4. The minimum Gasteiger partial charge on any atom is -0.388 e. The predicted molar refractivity (Wildman–Crippen MR) is 186 cm³/mol. The molecule has 4 heterocycles. The molecule has 4 saturated carbocycles. The van der Waals surface area contributed by atoms with Gasteiger partial charge in [0.2, 0.25) is 0 Å². The van der Waals surface area contributed by atoms with E-state index >= 15 is 0 Å². The van der Waals surface area contributed by atoms with Crippen LogP contribution in [-0.4, -0.2) is 123 Å². The molecule has 0 radical (unpaired) electrons. The van der Waals surface area contributed by atoms with Crippen LogP contribution in [0.3, 0.4) is 0 Å². The SMILES string of the molecule is CC(C)=CC1CC(C)(O[C@@H]2OC[C@H](O)[C@H](O)[C@H]2O)C2C3CC[C@@H]4[C@@]5(C)CCC(O[C@@H]6OC[C@H](O)[C@H](O)[C@H]6O)C(C)(C)C5CC[C@@]4(C)[C@@]34CO[C@@]2(C4)O1. The summed E-state index contributed by atoms with van der Waals surface area (Å²) in [6.45, 7) is 16.3. The molecular formula is C40H64O12. The van der Waals surface area contributed by atoms with E-state index in [1.807, 2.05) is 0 Å². The number of hydrogen-bond donors (Lipinski definition) is 6. The maximum atomic E-state index is 11.0. The first-order valence-electron chi connectivity index (χ1n) is 19.9. The fourth-order valence-electron chi connectivity index (χ4n) is 14.1. The Morgan fingerprint density at radius 1 is 0.750 bits per heavy atom. The number of ether oxygens (including phenoxy) is 6. The minimum absolute atomic E-state index is 0.0314. The van der Waals surface area contributed by atoms with Gasteiger partial charge in [0.15, 0.2) is 18.4 Å². The van der Waals surface area contributed by atoms with Crippen LogP contribution in [-0.2, 0) is 28.4 Å². The summed E-state index contributed by atoms with van der Waals surface area (Å²) in [5, 5.41) is 62.8. The lowest BCUT2D eigenvalue weighted by Crippen LogP contribution is -2.68.